The number of hydrogen-bond donors (Lipinski definition) is 0. The standard InChI is InChI=1S/C32H34F3N3O4S/c1-22-15-30(26-16-28(34)20-38(19-26)18-23-9-12-41-13-10-23)37-32(36-22)43(39,40)14-11-31(24-5-3-2-4-6-24)42-21-25-7-8-27(33)17-29(25)35/h2-8,15-17,19,23,31H,9-14,18,20-21H2,1H3. The lowest BCUT2D eigenvalue weighted by atomic mass is 9.99. The highest BCUT2D eigenvalue weighted by molar-refractivity contribution is 7.91. The highest BCUT2D eigenvalue weighted by Gasteiger charge is 2.25. The first kappa shape index (κ1) is 30.9. The first-order chi connectivity index (χ1) is 20.7. The molecule has 0 bridgehead atoms. The number of rotatable bonds is 11. The quantitative estimate of drug-likeness (QED) is 0.241. The molecule has 1 unspecified atom stereocenters. The van der Waals surface area contributed by atoms with Crippen LogP contribution < -0.4 is 0 Å². The Labute approximate surface area is 250 Å². The molecule has 228 valence electrons. The van der Waals surface area contributed by atoms with Crippen LogP contribution in [0.3, 0.4) is 0 Å². The Bertz CT molecular complexity index is 1590. The van der Waals surface area contributed by atoms with Gasteiger partial charge in [-0.15, -0.1) is 0 Å². The number of halogens is 3. The minimum absolute atomic E-state index is 0.0396. The van der Waals surface area contributed by atoms with Crippen LogP contribution in [-0.4, -0.2) is 55.3 Å². The molecule has 1 atom stereocenters. The van der Waals surface area contributed by atoms with E-state index in [1.807, 2.05) is 17.2 Å². The van der Waals surface area contributed by atoms with Crippen molar-refractivity contribution >= 4 is 15.4 Å². The van der Waals surface area contributed by atoms with Gasteiger partial charge < -0.3 is 14.4 Å². The van der Waals surface area contributed by atoms with Crippen LogP contribution in [0, 0.1) is 24.5 Å². The van der Waals surface area contributed by atoms with Gasteiger partial charge in [0.2, 0.25) is 15.0 Å². The van der Waals surface area contributed by atoms with E-state index in [0.29, 0.717) is 48.2 Å². The lowest BCUT2D eigenvalue weighted by molar-refractivity contribution is 0.0360. The summed E-state index contributed by atoms with van der Waals surface area (Å²) in [6, 6.07) is 13.9. The highest BCUT2D eigenvalue weighted by atomic mass is 32.2. The van der Waals surface area contributed by atoms with E-state index in [0.717, 1.165) is 25.0 Å². The Morgan fingerprint density at radius 3 is 2.56 bits per heavy atom. The summed E-state index contributed by atoms with van der Waals surface area (Å²) < 4.78 is 80.7. The Kier molecular flexibility index (Phi) is 9.94. The molecule has 7 nitrogen and oxygen atoms in total. The third-order valence-corrected chi connectivity index (χ3v) is 9.02. The van der Waals surface area contributed by atoms with Gasteiger partial charge in [-0.25, -0.2) is 31.6 Å². The maximum absolute atomic E-state index is 14.7. The van der Waals surface area contributed by atoms with Gasteiger partial charge in [-0.2, -0.15) is 0 Å². The van der Waals surface area contributed by atoms with Gasteiger partial charge in [-0.3, -0.25) is 0 Å². The van der Waals surface area contributed by atoms with Crippen LogP contribution in [0.5, 0.6) is 0 Å². The number of aryl methyl sites for hydroxylation is 1. The maximum Gasteiger partial charge on any atom is 0.247 e. The van der Waals surface area contributed by atoms with E-state index < -0.39 is 27.6 Å². The molecular weight excluding hydrogens is 579 g/mol. The molecule has 5 rings (SSSR count). The predicted octanol–water partition coefficient (Wildman–Crippen LogP) is 6.12. The third-order valence-electron chi connectivity index (χ3n) is 7.50. The summed E-state index contributed by atoms with van der Waals surface area (Å²) in [5, 5.41) is -0.352. The Morgan fingerprint density at radius 2 is 1.81 bits per heavy atom. The van der Waals surface area contributed by atoms with Crippen molar-refractivity contribution in [3.63, 3.8) is 0 Å². The molecule has 43 heavy (non-hydrogen) atoms. The van der Waals surface area contributed by atoms with Gasteiger partial charge in [0.05, 0.1) is 30.7 Å². The molecule has 0 aliphatic carbocycles. The molecule has 0 saturated carbocycles. The second kappa shape index (κ2) is 13.8. The summed E-state index contributed by atoms with van der Waals surface area (Å²) >= 11 is 0. The zero-order chi connectivity index (χ0) is 30.4. The first-order valence-electron chi connectivity index (χ1n) is 14.3. The fraction of sp³-hybridized carbons (Fsp3) is 0.375. The molecule has 0 N–H and O–H groups in total. The van der Waals surface area contributed by atoms with Crippen LogP contribution in [0.4, 0.5) is 13.2 Å². The van der Waals surface area contributed by atoms with Gasteiger partial charge in [0.25, 0.3) is 0 Å². The molecule has 2 aromatic carbocycles. The molecule has 3 heterocycles. The van der Waals surface area contributed by atoms with Gasteiger partial charge in [-0.1, -0.05) is 36.4 Å². The van der Waals surface area contributed by atoms with E-state index in [4.69, 9.17) is 9.47 Å². The minimum atomic E-state index is -3.99. The Morgan fingerprint density at radius 1 is 1.05 bits per heavy atom. The maximum atomic E-state index is 14.7. The predicted molar refractivity (Wildman–Crippen MR) is 156 cm³/mol. The molecule has 0 spiro atoms. The fourth-order valence-corrected chi connectivity index (χ4v) is 6.46. The van der Waals surface area contributed by atoms with Gasteiger partial charge in [0.1, 0.15) is 17.5 Å². The molecule has 11 heteroatoms. The largest absolute Gasteiger partial charge is 0.381 e. The summed E-state index contributed by atoms with van der Waals surface area (Å²) in [5.41, 5.74) is 2.10. The van der Waals surface area contributed by atoms with Crippen molar-refractivity contribution < 1.29 is 31.1 Å². The fourth-order valence-electron chi connectivity index (χ4n) is 5.23. The summed E-state index contributed by atoms with van der Waals surface area (Å²) in [6.07, 6.45) is 4.37. The van der Waals surface area contributed by atoms with Gasteiger partial charge in [0.15, 0.2) is 0 Å². The van der Waals surface area contributed by atoms with E-state index in [9.17, 15) is 21.6 Å². The van der Waals surface area contributed by atoms with Crippen LogP contribution in [0.1, 0.15) is 47.9 Å². The van der Waals surface area contributed by atoms with Crippen LogP contribution in [0.2, 0.25) is 0 Å². The third kappa shape index (κ3) is 8.31. The van der Waals surface area contributed by atoms with Crippen molar-refractivity contribution in [2.75, 3.05) is 32.1 Å². The van der Waals surface area contributed by atoms with E-state index in [2.05, 4.69) is 9.97 Å². The van der Waals surface area contributed by atoms with Crippen LogP contribution >= 0.6 is 0 Å². The highest BCUT2D eigenvalue weighted by Crippen LogP contribution is 2.28. The zero-order valence-electron chi connectivity index (χ0n) is 23.9. The number of hydrogen-bond acceptors (Lipinski definition) is 7. The van der Waals surface area contributed by atoms with E-state index in [-0.39, 0.29) is 41.9 Å². The van der Waals surface area contributed by atoms with Crippen molar-refractivity contribution in [2.24, 2.45) is 5.92 Å². The number of nitrogens with zero attached hydrogens (tertiary/aromatic N) is 3. The second-order valence-corrected chi connectivity index (χ2v) is 12.9. The van der Waals surface area contributed by atoms with Crippen molar-refractivity contribution in [3.8, 4) is 0 Å². The molecular formula is C32H34F3N3O4S. The Hall–Kier alpha value is -3.54. The number of aromatic nitrogens is 2. The minimum Gasteiger partial charge on any atom is -0.381 e. The first-order valence-corrected chi connectivity index (χ1v) is 15.9. The molecule has 0 radical (unpaired) electrons. The Balaban J connectivity index is 1.33. The van der Waals surface area contributed by atoms with Crippen molar-refractivity contribution in [2.45, 2.75) is 44.1 Å². The molecule has 1 fully saturated rings. The normalized spacial score (nSPS) is 17.0. The number of sulfone groups is 1. The average Bonchev–Trinajstić information content (AvgIpc) is 2.98. The molecule has 3 aromatic rings. The summed E-state index contributed by atoms with van der Waals surface area (Å²) in [4.78, 5) is 10.5. The SMILES string of the molecule is Cc1cc(C2=CN(CC3CCOCC3)CC(F)=C2)nc(S(=O)(=O)CCC(OCc2ccc(F)cc2F)c2ccccc2)n1. The summed E-state index contributed by atoms with van der Waals surface area (Å²) in [5.74, 6) is -1.72. The second-order valence-electron chi connectivity index (χ2n) is 10.9. The summed E-state index contributed by atoms with van der Waals surface area (Å²) in [6.45, 7) is 3.71. The van der Waals surface area contributed by atoms with E-state index >= 15 is 0 Å². The monoisotopic (exact) mass is 613 g/mol. The lowest BCUT2D eigenvalue weighted by Crippen LogP contribution is -2.31. The zero-order valence-corrected chi connectivity index (χ0v) is 24.7. The summed E-state index contributed by atoms with van der Waals surface area (Å²) in [7, 11) is -3.99. The lowest BCUT2D eigenvalue weighted by Gasteiger charge is -2.30. The average molecular weight is 614 g/mol. The van der Waals surface area contributed by atoms with Crippen molar-refractivity contribution in [1.29, 1.82) is 0 Å². The molecule has 2 aliphatic heterocycles. The van der Waals surface area contributed by atoms with Gasteiger partial charge in [-0.05, 0) is 55.9 Å². The van der Waals surface area contributed by atoms with Crippen molar-refractivity contribution in [1.82, 2.24) is 14.9 Å². The van der Waals surface area contributed by atoms with E-state index in [1.165, 1.54) is 12.1 Å². The van der Waals surface area contributed by atoms with Crippen LogP contribution in [0.25, 0.3) is 5.57 Å². The van der Waals surface area contributed by atoms with E-state index in [1.54, 1.807) is 37.3 Å². The van der Waals surface area contributed by atoms with Gasteiger partial charge in [0, 0.05) is 48.9 Å². The number of ether oxygens (including phenoxy) is 2. The smallest absolute Gasteiger partial charge is 0.247 e. The van der Waals surface area contributed by atoms with Crippen LogP contribution in [0.15, 0.2) is 77.9 Å². The molecule has 0 amide bonds. The van der Waals surface area contributed by atoms with Gasteiger partial charge >= 0.3 is 0 Å². The van der Waals surface area contributed by atoms with Crippen LogP contribution in [-0.2, 0) is 25.9 Å². The molecule has 1 saturated heterocycles. The van der Waals surface area contributed by atoms with Crippen molar-refractivity contribution in [3.05, 3.63) is 107 Å². The number of benzene rings is 2. The molecule has 1 aromatic heterocycles. The number of allylic oxidation sites excluding steroid dienone is 2. The molecule has 2 aliphatic rings. The topological polar surface area (TPSA) is 81.6 Å².